The monoisotopic (exact) mass is 268 g/mol. The van der Waals surface area contributed by atoms with Crippen LogP contribution in [0.2, 0.25) is 0 Å². The van der Waals surface area contributed by atoms with E-state index in [2.05, 4.69) is 22.2 Å². The molecule has 4 heteroatoms. The van der Waals surface area contributed by atoms with Gasteiger partial charge in [-0.15, -0.1) is 11.3 Å². The van der Waals surface area contributed by atoms with E-state index in [0.29, 0.717) is 6.04 Å². The van der Waals surface area contributed by atoms with Crippen molar-refractivity contribution in [1.82, 2.24) is 9.88 Å². The maximum Gasteiger partial charge on any atom is 0.0926 e. The lowest BCUT2D eigenvalue weighted by Gasteiger charge is -2.36. The molecule has 1 aliphatic heterocycles. The summed E-state index contributed by atoms with van der Waals surface area (Å²) in [5.74, 6) is 0. The average molecular weight is 268 g/mol. The predicted molar refractivity (Wildman–Crippen MR) is 75.8 cm³/mol. The van der Waals surface area contributed by atoms with Gasteiger partial charge in [0.25, 0.3) is 0 Å². The fourth-order valence-corrected chi connectivity index (χ4v) is 3.46. The molecular formula is C14H24N2OS. The normalized spacial score (nSPS) is 23.2. The summed E-state index contributed by atoms with van der Waals surface area (Å²) in [5, 5.41) is 13.0. The van der Waals surface area contributed by atoms with E-state index >= 15 is 0 Å². The third-order valence-corrected chi connectivity index (χ3v) is 4.67. The van der Waals surface area contributed by atoms with E-state index in [1.165, 1.54) is 30.0 Å². The van der Waals surface area contributed by atoms with Gasteiger partial charge < -0.3 is 5.11 Å². The van der Waals surface area contributed by atoms with Crippen LogP contribution in [0.15, 0.2) is 5.38 Å². The first-order valence-corrected chi connectivity index (χ1v) is 7.92. The number of aliphatic hydroxyl groups is 1. The molecule has 1 saturated heterocycles. The second-order valence-electron chi connectivity index (χ2n) is 5.29. The minimum Gasteiger partial charge on any atom is -0.393 e. The third-order valence-electron chi connectivity index (χ3n) is 3.63. The zero-order chi connectivity index (χ0) is 13.0. The van der Waals surface area contributed by atoms with Gasteiger partial charge in [0.05, 0.1) is 16.8 Å². The Hall–Kier alpha value is -0.450. The number of aromatic nitrogens is 1. The Balaban J connectivity index is 1.96. The van der Waals surface area contributed by atoms with Crippen LogP contribution >= 0.6 is 11.3 Å². The van der Waals surface area contributed by atoms with Gasteiger partial charge in [-0.3, -0.25) is 4.90 Å². The molecule has 1 fully saturated rings. The average Bonchev–Trinajstić information content (AvgIpc) is 2.79. The molecule has 0 spiro atoms. The molecule has 0 aliphatic carbocycles. The van der Waals surface area contributed by atoms with Crippen molar-refractivity contribution in [2.24, 2.45) is 0 Å². The molecule has 2 heterocycles. The molecule has 3 nitrogen and oxygen atoms in total. The van der Waals surface area contributed by atoms with Gasteiger partial charge in [0.15, 0.2) is 0 Å². The fourth-order valence-electron chi connectivity index (χ4n) is 2.72. The maximum absolute atomic E-state index is 9.59. The van der Waals surface area contributed by atoms with Crippen LogP contribution in [0, 0.1) is 0 Å². The van der Waals surface area contributed by atoms with Gasteiger partial charge in [-0.25, -0.2) is 4.98 Å². The second-order valence-corrected chi connectivity index (χ2v) is 6.23. The zero-order valence-corrected chi connectivity index (χ0v) is 12.2. The number of likely N-dealkylation sites (tertiary alicyclic amines) is 1. The van der Waals surface area contributed by atoms with E-state index in [0.717, 1.165) is 25.9 Å². The van der Waals surface area contributed by atoms with E-state index in [-0.39, 0.29) is 6.10 Å². The van der Waals surface area contributed by atoms with Crippen molar-refractivity contribution in [1.29, 1.82) is 0 Å². The minimum atomic E-state index is -0.197. The topological polar surface area (TPSA) is 36.4 Å². The van der Waals surface area contributed by atoms with Crippen molar-refractivity contribution in [3.63, 3.8) is 0 Å². The molecule has 0 aromatic carbocycles. The summed E-state index contributed by atoms with van der Waals surface area (Å²) in [6.45, 7) is 6.15. The number of aliphatic hydroxyl groups excluding tert-OH is 1. The molecule has 2 unspecified atom stereocenters. The highest BCUT2D eigenvalue weighted by atomic mass is 32.1. The highest BCUT2D eigenvalue weighted by Crippen LogP contribution is 2.23. The number of nitrogens with zero attached hydrogens (tertiary/aromatic N) is 2. The van der Waals surface area contributed by atoms with E-state index in [9.17, 15) is 5.11 Å². The van der Waals surface area contributed by atoms with Crippen LogP contribution in [-0.4, -0.2) is 33.7 Å². The summed E-state index contributed by atoms with van der Waals surface area (Å²) in [7, 11) is 0. The predicted octanol–water partition coefficient (Wildman–Crippen LogP) is 2.83. The molecule has 1 N–H and O–H groups in total. The van der Waals surface area contributed by atoms with Crippen LogP contribution < -0.4 is 0 Å². The van der Waals surface area contributed by atoms with Crippen LogP contribution in [0.4, 0.5) is 0 Å². The van der Waals surface area contributed by atoms with Crippen molar-refractivity contribution in [3.8, 4) is 0 Å². The summed E-state index contributed by atoms with van der Waals surface area (Å²) < 4.78 is 0. The van der Waals surface area contributed by atoms with Crippen LogP contribution in [0.25, 0.3) is 0 Å². The summed E-state index contributed by atoms with van der Waals surface area (Å²) >= 11 is 1.77. The van der Waals surface area contributed by atoms with Crippen LogP contribution in [-0.2, 0) is 13.0 Å². The number of piperidine rings is 1. The molecule has 102 valence electrons. The molecule has 2 atom stereocenters. The van der Waals surface area contributed by atoms with E-state index in [1.54, 1.807) is 11.3 Å². The van der Waals surface area contributed by atoms with Gasteiger partial charge in [-0.05, 0) is 39.2 Å². The molecule has 2 rings (SSSR count). The lowest BCUT2D eigenvalue weighted by Crippen LogP contribution is -2.40. The molecule has 1 aliphatic rings. The SMILES string of the molecule is CCc1nc(CN2CCCCC2CC(C)O)cs1. The van der Waals surface area contributed by atoms with E-state index in [4.69, 9.17) is 0 Å². The number of aryl methyl sites for hydroxylation is 1. The van der Waals surface area contributed by atoms with Crippen molar-refractivity contribution in [3.05, 3.63) is 16.1 Å². The smallest absolute Gasteiger partial charge is 0.0926 e. The lowest BCUT2D eigenvalue weighted by atomic mass is 9.97. The molecule has 1 aromatic rings. The van der Waals surface area contributed by atoms with Crippen molar-refractivity contribution in [2.75, 3.05) is 6.54 Å². The van der Waals surface area contributed by atoms with Crippen LogP contribution in [0.3, 0.4) is 0 Å². The number of thiazole rings is 1. The Kier molecular flexibility index (Phi) is 5.15. The first-order valence-electron chi connectivity index (χ1n) is 7.04. The summed E-state index contributed by atoms with van der Waals surface area (Å²) in [4.78, 5) is 7.16. The Morgan fingerprint density at radius 2 is 2.39 bits per heavy atom. The molecule has 0 saturated carbocycles. The molecule has 0 amide bonds. The molecule has 0 radical (unpaired) electrons. The van der Waals surface area contributed by atoms with E-state index < -0.39 is 0 Å². The maximum atomic E-state index is 9.59. The standard InChI is InChI=1S/C14H24N2OS/c1-3-14-15-12(10-18-14)9-16-7-5-4-6-13(16)8-11(2)17/h10-11,13,17H,3-9H2,1-2H3. The Morgan fingerprint density at radius 3 is 3.06 bits per heavy atom. The van der Waals surface area contributed by atoms with Crippen LogP contribution in [0.1, 0.15) is 50.2 Å². The van der Waals surface area contributed by atoms with Gasteiger partial charge >= 0.3 is 0 Å². The first kappa shape index (κ1) is 14.0. The Morgan fingerprint density at radius 1 is 1.56 bits per heavy atom. The second kappa shape index (κ2) is 6.64. The Labute approximate surface area is 114 Å². The summed E-state index contributed by atoms with van der Waals surface area (Å²) in [5.41, 5.74) is 1.20. The number of hydrogen-bond donors (Lipinski definition) is 1. The van der Waals surface area contributed by atoms with Gasteiger partial charge in [-0.1, -0.05) is 13.3 Å². The van der Waals surface area contributed by atoms with Gasteiger partial charge in [0, 0.05) is 18.0 Å². The van der Waals surface area contributed by atoms with Crippen LogP contribution in [0.5, 0.6) is 0 Å². The Bertz CT molecular complexity index is 364. The fraction of sp³-hybridized carbons (Fsp3) is 0.786. The van der Waals surface area contributed by atoms with E-state index in [1.807, 2.05) is 6.92 Å². The van der Waals surface area contributed by atoms with Crippen molar-refractivity contribution < 1.29 is 5.11 Å². The zero-order valence-electron chi connectivity index (χ0n) is 11.4. The summed E-state index contributed by atoms with van der Waals surface area (Å²) in [6.07, 6.45) is 5.52. The summed E-state index contributed by atoms with van der Waals surface area (Å²) in [6, 6.07) is 0.533. The number of hydrogen-bond acceptors (Lipinski definition) is 4. The van der Waals surface area contributed by atoms with Crippen molar-refractivity contribution >= 4 is 11.3 Å². The van der Waals surface area contributed by atoms with Crippen molar-refractivity contribution in [2.45, 2.75) is 64.6 Å². The lowest BCUT2D eigenvalue weighted by molar-refractivity contribution is 0.0810. The molecular weight excluding hydrogens is 244 g/mol. The largest absolute Gasteiger partial charge is 0.393 e. The highest BCUT2D eigenvalue weighted by molar-refractivity contribution is 7.09. The number of rotatable bonds is 5. The quantitative estimate of drug-likeness (QED) is 0.892. The first-order chi connectivity index (χ1) is 8.69. The molecule has 1 aromatic heterocycles. The van der Waals surface area contributed by atoms with Gasteiger partial charge in [0.1, 0.15) is 0 Å². The minimum absolute atomic E-state index is 0.197. The third kappa shape index (κ3) is 3.77. The highest BCUT2D eigenvalue weighted by Gasteiger charge is 2.24. The molecule has 18 heavy (non-hydrogen) atoms. The van der Waals surface area contributed by atoms with Gasteiger partial charge in [0.2, 0.25) is 0 Å². The molecule has 0 bridgehead atoms. The van der Waals surface area contributed by atoms with Gasteiger partial charge in [-0.2, -0.15) is 0 Å².